The normalized spacial score (nSPS) is 19.5. The van der Waals surface area contributed by atoms with Crippen LogP contribution in [-0.4, -0.2) is 40.0 Å². The van der Waals surface area contributed by atoms with Gasteiger partial charge in [0.2, 0.25) is 0 Å². The summed E-state index contributed by atoms with van der Waals surface area (Å²) in [5.74, 6) is 0. The predicted molar refractivity (Wildman–Crippen MR) is 61.3 cm³/mol. The summed E-state index contributed by atoms with van der Waals surface area (Å²) in [6.07, 6.45) is 0. The second kappa shape index (κ2) is 36.5. The van der Waals surface area contributed by atoms with E-state index in [-0.39, 0.29) is 35.6 Å². The van der Waals surface area contributed by atoms with E-state index in [9.17, 15) is 0 Å². The second-order valence-corrected chi connectivity index (χ2v) is 9.43. The fourth-order valence-corrected chi connectivity index (χ4v) is 7.59. The van der Waals surface area contributed by atoms with Gasteiger partial charge in [0.05, 0.1) is 26.1 Å². The van der Waals surface area contributed by atoms with Crippen molar-refractivity contribution in [1.29, 1.82) is 0 Å². The SMILES string of the molecule is O1[SiH2]O[SiH2]O[SiH2]O[SiH2]1.O=P[O-].O=P[O-].O=P[O-].[La+3]. The Hall–Kier alpha value is 2.08. The molecule has 18 heavy (non-hydrogen) atoms. The summed E-state index contributed by atoms with van der Waals surface area (Å²) in [5.41, 5.74) is 0. The van der Waals surface area contributed by atoms with Gasteiger partial charge in [-0.25, -0.2) is 0 Å². The Labute approximate surface area is 145 Å². The summed E-state index contributed by atoms with van der Waals surface area (Å²) in [4.78, 5) is 25.0. The van der Waals surface area contributed by atoms with Crippen molar-refractivity contribution in [3.63, 3.8) is 0 Å². The molecule has 1 aliphatic heterocycles. The van der Waals surface area contributed by atoms with Crippen LogP contribution in [0.1, 0.15) is 0 Å². The molecule has 0 spiro atoms. The Morgan fingerprint density at radius 1 is 0.611 bits per heavy atom. The van der Waals surface area contributed by atoms with Gasteiger partial charge in [0.1, 0.15) is 0 Å². The van der Waals surface area contributed by atoms with E-state index in [2.05, 4.69) is 0 Å². The van der Waals surface area contributed by atoms with Gasteiger partial charge in [-0.05, 0) is 0 Å². The van der Waals surface area contributed by atoms with E-state index in [0.717, 1.165) is 0 Å². The molecule has 0 unspecified atom stereocenters. The summed E-state index contributed by atoms with van der Waals surface area (Å²) < 4.78 is 45.4. The Balaban J connectivity index is -0.0000000840. The maximum Gasteiger partial charge on any atom is 3.00 e. The monoisotopic (exact) mass is 512 g/mol. The van der Waals surface area contributed by atoms with Crippen LogP contribution in [0, 0.1) is 35.6 Å². The molecule has 1 rings (SSSR count). The third-order valence-corrected chi connectivity index (χ3v) is 6.00. The molecule has 0 aromatic heterocycles. The molecule has 0 aromatic rings. The fraction of sp³-hybridized carbons (Fsp3) is 0. The van der Waals surface area contributed by atoms with E-state index in [4.69, 9.17) is 44.8 Å². The third kappa shape index (κ3) is 51.9. The van der Waals surface area contributed by atoms with Crippen molar-refractivity contribution >= 4 is 66.1 Å². The molecular weight excluding hydrogens is 504 g/mol. The molecule has 1 fully saturated rings. The average molecular weight is 512 g/mol. The van der Waals surface area contributed by atoms with Crippen molar-refractivity contribution in [2.75, 3.05) is 0 Å². The molecule has 0 bridgehead atoms. The molecule has 1 aliphatic rings. The van der Waals surface area contributed by atoms with Crippen LogP contribution in [0.2, 0.25) is 0 Å². The minimum Gasteiger partial charge on any atom is -0.772 e. The largest absolute Gasteiger partial charge is 3.00 e. The van der Waals surface area contributed by atoms with Crippen molar-refractivity contribution in [2.24, 2.45) is 0 Å². The van der Waals surface area contributed by atoms with E-state index >= 15 is 0 Å². The second-order valence-electron chi connectivity index (χ2n) is 1.51. The van der Waals surface area contributed by atoms with Gasteiger partial charge in [-0.15, -0.1) is 0 Å². The van der Waals surface area contributed by atoms with Crippen LogP contribution in [0.5, 0.6) is 0 Å². The fourth-order valence-electron chi connectivity index (χ4n) is 0.372. The molecule has 0 radical (unpaired) electrons. The van der Waals surface area contributed by atoms with E-state index < -0.39 is 66.1 Å². The smallest absolute Gasteiger partial charge is 0.772 e. The van der Waals surface area contributed by atoms with E-state index in [1.54, 1.807) is 0 Å². The summed E-state index contributed by atoms with van der Waals surface area (Å²) >= 11 is 0. The van der Waals surface area contributed by atoms with Crippen molar-refractivity contribution in [2.45, 2.75) is 0 Å². The maximum atomic E-state index is 8.35. The van der Waals surface area contributed by atoms with Crippen molar-refractivity contribution < 1.29 is 80.4 Å². The van der Waals surface area contributed by atoms with Crippen LogP contribution < -0.4 is 14.7 Å². The van der Waals surface area contributed by atoms with Gasteiger partial charge in [0.15, 0.2) is 0 Å². The summed E-state index contributed by atoms with van der Waals surface area (Å²) in [5, 5.41) is 0. The predicted octanol–water partition coefficient (Wildman–Crippen LogP) is -5.28. The minimum atomic E-state index is -1.08. The zero-order chi connectivity index (χ0) is 13.8. The van der Waals surface area contributed by atoms with Gasteiger partial charge in [-0.3, -0.25) is 13.7 Å². The first-order chi connectivity index (χ1) is 8.24. The standard InChI is InChI=1S/La.H8O4Si4.3HO2P/c;1-5-2-7-4-8-3-6-1;3*1-3-2/h;5-8H2;3*(H,1,2)/q+3;;;;/p-3. The average Bonchev–Trinajstić information content (AvgIpc) is 2.19. The first-order valence-electron chi connectivity index (χ1n) is 3.40. The topological polar surface area (TPSA) is 157 Å². The van der Waals surface area contributed by atoms with E-state index in [1.807, 2.05) is 0 Å². The molecule has 18 heteroatoms. The first-order valence-corrected chi connectivity index (χ1v) is 10.2. The van der Waals surface area contributed by atoms with Gasteiger partial charge in [-0.2, -0.15) is 0 Å². The molecule has 0 saturated carbocycles. The van der Waals surface area contributed by atoms with Crippen LogP contribution in [-0.2, 0) is 30.2 Å². The molecule has 10 nitrogen and oxygen atoms in total. The molecule has 102 valence electrons. The Kier molecular flexibility index (Phi) is 57.3. The summed E-state index contributed by atoms with van der Waals surface area (Å²) in [7, 11) is -5.86. The van der Waals surface area contributed by atoms with Gasteiger partial charge in [0.25, 0.3) is 40.0 Å². The first kappa shape index (κ1) is 28.3. The molecule has 0 amide bonds. The third-order valence-electron chi connectivity index (χ3n) is 0.667. The molecule has 1 heterocycles. The van der Waals surface area contributed by atoms with E-state index in [0.29, 0.717) is 0 Å². The summed E-state index contributed by atoms with van der Waals surface area (Å²) in [6, 6.07) is 0. The Morgan fingerprint density at radius 3 is 0.833 bits per heavy atom. The zero-order valence-electron chi connectivity index (χ0n) is 8.83. The quantitative estimate of drug-likeness (QED) is 0.227. The van der Waals surface area contributed by atoms with Crippen molar-refractivity contribution in [3.8, 4) is 0 Å². The van der Waals surface area contributed by atoms with Gasteiger partial charge in [0, 0.05) is 0 Å². The molecule has 0 atom stereocenters. The van der Waals surface area contributed by atoms with Crippen LogP contribution in [0.25, 0.3) is 0 Å². The number of rotatable bonds is 0. The van der Waals surface area contributed by atoms with Crippen LogP contribution in [0.15, 0.2) is 0 Å². The van der Waals surface area contributed by atoms with Crippen molar-refractivity contribution in [1.82, 2.24) is 0 Å². The van der Waals surface area contributed by atoms with Crippen LogP contribution in [0.4, 0.5) is 0 Å². The van der Waals surface area contributed by atoms with Gasteiger partial charge < -0.3 is 31.1 Å². The van der Waals surface area contributed by atoms with Crippen LogP contribution in [0.3, 0.4) is 0 Å². The molecular formula is H8LaO10P3Si4. The Morgan fingerprint density at radius 2 is 0.722 bits per heavy atom. The Bertz CT molecular complexity index is 124. The number of hydrogen-bond donors (Lipinski definition) is 0. The van der Waals surface area contributed by atoms with Crippen LogP contribution >= 0.6 is 26.1 Å². The summed E-state index contributed by atoms with van der Waals surface area (Å²) in [6.45, 7) is 0. The maximum absolute atomic E-state index is 8.35. The van der Waals surface area contributed by atoms with Gasteiger partial charge >= 0.3 is 35.6 Å². The number of hydrogen-bond acceptors (Lipinski definition) is 10. The van der Waals surface area contributed by atoms with Crippen molar-refractivity contribution in [3.05, 3.63) is 0 Å². The minimum absolute atomic E-state index is 0. The molecule has 0 aliphatic carbocycles. The molecule has 0 N–H and O–H groups in total. The van der Waals surface area contributed by atoms with Gasteiger partial charge in [-0.1, -0.05) is 0 Å². The zero-order valence-corrected chi connectivity index (χ0v) is 20.8. The molecule has 0 aromatic carbocycles. The van der Waals surface area contributed by atoms with E-state index in [1.165, 1.54) is 0 Å². The molecule has 1 saturated heterocycles.